The fourth-order valence-corrected chi connectivity index (χ4v) is 15.4. The lowest BCUT2D eigenvalue weighted by molar-refractivity contribution is -0.161. The highest BCUT2D eigenvalue weighted by molar-refractivity contribution is 7.47. The number of unbranched alkanes of at least 4 members (excludes halogenated alkanes) is 54. The summed E-state index contributed by atoms with van der Waals surface area (Å²) in [5.41, 5.74) is 0. The van der Waals surface area contributed by atoms with Crippen LogP contribution in [0, 0.1) is 17.8 Å². The zero-order valence-corrected chi connectivity index (χ0v) is 73.1. The minimum absolute atomic E-state index is 0.107. The van der Waals surface area contributed by atoms with E-state index >= 15 is 0 Å². The third kappa shape index (κ3) is 80.7. The van der Waals surface area contributed by atoms with Crippen LogP contribution in [0.4, 0.5) is 0 Å². The Labute approximate surface area is 664 Å². The molecule has 0 aliphatic carbocycles. The molecule has 0 heterocycles. The highest BCUT2D eigenvalue weighted by Crippen LogP contribution is 2.45. The molecule has 17 nitrogen and oxygen atoms in total. The van der Waals surface area contributed by atoms with Crippen LogP contribution in [0.1, 0.15) is 472 Å². The van der Waals surface area contributed by atoms with Crippen molar-refractivity contribution in [3.63, 3.8) is 0 Å². The molecule has 0 aromatic heterocycles. The van der Waals surface area contributed by atoms with Crippen molar-refractivity contribution in [2.75, 3.05) is 39.6 Å². The summed E-state index contributed by atoms with van der Waals surface area (Å²) in [4.78, 5) is 73.3. The van der Waals surface area contributed by atoms with Crippen molar-refractivity contribution in [2.45, 2.75) is 491 Å². The summed E-state index contributed by atoms with van der Waals surface area (Å²) < 4.78 is 68.9. The van der Waals surface area contributed by atoms with Crippen LogP contribution < -0.4 is 0 Å². The molecular weight excluding hydrogens is 1400 g/mol. The SMILES string of the molecule is CCCCCCCCCCCCCCCCCCCCCCCCC(=O)O[C@H](COC(=O)CCCCCCCCCCCCCCCCCCC(C)C)COP(=O)(O)OC[C@@H](O)COP(=O)(O)OC[C@@H](COC(=O)CCCCCCCCC(C)C)OC(=O)CCCCCCCCCCCCCCCCC(C)CC. The van der Waals surface area contributed by atoms with E-state index in [1.807, 2.05) is 0 Å². The minimum Gasteiger partial charge on any atom is -0.462 e. The van der Waals surface area contributed by atoms with E-state index in [1.165, 1.54) is 276 Å². The van der Waals surface area contributed by atoms with Gasteiger partial charge in [0.2, 0.25) is 0 Å². The zero-order chi connectivity index (χ0) is 79.3. The van der Waals surface area contributed by atoms with E-state index in [0.717, 1.165) is 108 Å². The van der Waals surface area contributed by atoms with Crippen molar-refractivity contribution < 1.29 is 80.2 Å². The second kappa shape index (κ2) is 78.9. The summed E-state index contributed by atoms with van der Waals surface area (Å²) in [5, 5.41) is 10.7. The predicted molar refractivity (Wildman–Crippen MR) is 446 cm³/mol. The molecule has 6 atom stereocenters. The molecule has 0 aliphatic heterocycles. The monoisotopic (exact) mass is 1580 g/mol. The molecule has 0 aromatic carbocycles. The van der Waals surface area contributed by atoms with Gasteiger partial charge in [0.15, 0.2) is 12.2 Å². The molecule has 3 N–H and O–H groups in total. The van der Waals surface area contributed by atoms with Gasteiger partial charge in [-0.15, -0.1) is 0 Å². The maximum atomic E-state index is 13.2. The number of esters is 4. The average molecular weight is 1580 g/mol. The number of carbonyl (C=O) groups is 4. The maximum absolute atomic E-state index is 13.2. The second-order valence-corrected chi connectivity index (χ2v) is 36.1. The third-order valence-corrected chi connectivity index (χ3v) is 23.1. The van der Waals surface area contributed by atoms with Crippen molar-refractivity contribution in [3.05, 3.63) is 0 Å². The summed E-state index contributed by atoms with van der Waals surface area (Å²) in [6.45, 7) is 12.0. The Hall–Kier alpha value is -1.94. The first-order valence-electron chi connectivity index (χ1n) is 45.9. The Bertz CT molecular complexity index is 2080. The molecule has 0 saturated heterocycles. The molecule has 0 rings (SSSR count). The van der Waals surface area contributed by atoms with Gasteiger partial charge in [0.1, 0.15) is 19.3 Å². The number of ether oxygens (including phenoxy) is 4. The molecule has 0 bridgehead atoms. The quantitative estimate of drug-likeness (QED) is 0.0222. The van der Waals surface area contributed by atoms with Crippen LogP contribution in [0.3, 0.4) is 0 Å². The highest BCUT2D eigenvalue weighted by atomic mass is 31.2. The molecule has 0 radical (unpaired) electrons. The van der Waals surface area contributed by atoms with Gasteiger partial charge in [-0.3, -0.25) is 37.3 Å². The summed E-state index contributed by atoms with van der Waals surface area (Å²) in [6, 6.07) is 0. The van der Waals surface area contributed by atoms with Crippen LogP contribution in [0.5, 0.6) is 0 Å². The van der Waals surface area contributed by atoms with Crippen LogP contribution in [-0.4, -0.2) is 96.7 Å². The third-order valence-electron chi connectivity index (χ3n) is 21.2. The molecule has 3 unspecified atom stereocenters. The van der Waals surface area contributed by atoms with E-state index in [0.29, 0.717) is 31.6 Å². The van der Waals surface area contributed by atoms with E-state index in [-0.39, 0.29) is 25.7 Å². The van der Waals surface area contributed by atoms with Crippen LogP contribution in [-0.2, 0) is 65.4 Å². The molecule has 0 saturated carbocycles. The topological polar surface area (TPSA) is 237 Å². The Kier molecular flexibility index (Phi) is 77.5. The Morgan fingerprint density at radius 3 is 0.704 bits per heavy atom. The first-order chi connectivity index (χ1) is 52.3. The maximum Gasteiger partial charge on any atom is 0.472 e. The van der Waals surface area contributed by atoms with Crippen molar-refractivity contribution in [2.24, 2.45) is 17.8 Å². The first kappa shape index (κ1) is 106. The van der Waals surface area contributed by atoms with Crippen LogP contribution in [0.2, 0.25) is 0 Å². The minimum atomic E-state index is -4.97. The summed E-state index contributed by atoms with van der Waals surface area (Å²) >= 11 is 0. The predicted octanol–water partition coefficient (Wildman–Crippen LogP) is 27.3. The smallest absolute Gasteiger partial charge is 0.462 e. The average Bonchev–Trinajstić information content (AvgIpc) is 0.901. The molecule has 108 heavy (non-hydrogen) atoms. The Morgan fingerprint density at radius 2 is 0.472 bits per heavy atom. The van der Waals surface area contributed by atoms with E-state index in [1.54, 1.807) is 0 Å². The number of phosphoric acid groups is 2. The Balaban J connectivity index is 5.20. The lowest BCUT2D eigenvalue weighted by atomic mass is 9.99. The van der Waals surface area contributed by atoms with E-state index in [2.05, 4.69) is 48.5 Å². The number of rotatable bonds is 87. The molecule has 0 aromatic rings. The molecule has 19 heteroatoms. The number of carbonyl (C=O) groups excluding carboxylic acids is 4. The highest BCUT2D eigenvalue weighted by Gasteiger charge is 2.31. The molecule has 642 valence electrons. The van der Waals surface area contributed by atoms with Gasteiger partial charge in [-0.05, 0) is 43.4 Å². The lowest BCUT2D eigenvalue weighted by Crippen LogP contribution is -2.30. The molecule has 0 fully saturated rings. The fraction of sp³-hybridized carbons (Fsp3) is 0.955. The number of hydrogen-bond donors (Lipinski definition) is 3. The van der Waals surface area contributed by atoms with Gasteiger partial charge in [0, 0.05) is 25.7 Å². The zero-order valence-electron chi connectivity index (χ0n) is 71.3. The molecule has 0 spiro atoms. The molecular formula is C89H174O17P2. The standard InChI is InChI=1S/C89H174O17P2/c1-8-10-11-12-13-14-15-16-17-18-19-20-21-22-23-28-34-39-44-49-58-65-72-88(93)105-84(76-99-86(91)70-63-56-48-43-38-33-27-25-24-26-31-36-41-46-53-60-67-80(3)4)78-103-107(95,96)101-74-83(90)75-102-108(97,98)104-79-85(77-100-87(92)71-64-57-52-51-54-61-68-81(5)6)106-89(94)73-66-59-50-45-40-35-30-29-32-37-42-47-55-62-69-82(7)9-2/h80-85,90H,8-79H2,1-7H3,(H,95,96)(H,97,98)/t82?,83-,84-,85-/m1/s1. The number of aliphatic hydroxyl groups is 1. The van der Waals surface area contributed by atoms with Crippen molar-refractivity contribution in [1.82, 2.24) is 0 Å². The van der Waals surface area contributed by atoms with Crippen molar-refractivity contribution in [3.8, 4) is 0 Å². The molecule has 0 aliphatic rings. The van der Waals surface area contributed by atoms with Gasteiger partial charge in [-0.25, -0.2) is 9.13 Å². The Morgan fingerprint density at radius 1 is 0.269 bits per heavy atom. The van der Waals surface area contributed by atoms with Gasteiger partial charge in [0.05, 0.1) is 26.4 Å². The number of aliphatic hydroxyl groups excluding tert-OH is 1. The largest absolute Gasteiger partial charge is 0.472 e. The van der Waals surface area contributed by atoms with Gasteiger partial charge in [0.25, 0.3) is 0 Å². The van der Waals surface area contributed by atoms with Crippen LogP contribution in [0.25, 0.3) is 0 Å². The number of hydrogen-bond acceptors (Lipinski definition) is 15. The van der Waals surface area contributed by atoms with E-state index in [4.69, 9.17) is 37.0 Å². The van der Waals surface area contributed by atoms with Crippen molar-refractivity contribution in [1.29, 1.82) is 0 Å². The summed E-state index contributed by atoms with van der Waals surface area (Å²) in [7, 11) is -9.93. The van der Waals surface area contributed by atoms with E-state index in [9.17, 15) is 43.2 Å². The van der Waals surface area contributed by atoms with Crippen LogP contribution >= 0.6 is 15.6 Å². The fourth-order valence-electron chi connectivity index (χ4n) is 13.9. The van der Waals surface area contributed by atoms with Gasteiger partial charge in [-0.1, -0.05) is 421 Å². The van der Waals surface area contributed by atoms with Gasteiger partial charge < -0.3 is 33.8 Å². The second-order valence-electron chi connectivity index (χ2n) is 33.2. The summed E-state index contributed by atoms with van der Waals surface area (Å²) in [5.74, 6) is 0.233. The summed E-state index contributed by atoms with van der Waals surface area (Å²) in [6.07, 6.45) is 71.1. The van der Waals surface area contributed by atoms with Gasteiger partial charge >= 0.3 is 39.5 Å². The lowest BCUT2D eigenvalue weighted by Gasteiger charge is -2.21. The molecule has 0 amide bonds. The van der Waals surface area contributed by atoms with Crippen molar-refractivity contribution >= 4 is 39.5 Å². The van der Waals surface area contributed by atoms with Crippen LogP contribution in [0.15, 0.2) is 0 Å². The number of phosphoric ester groups is 2. The first-order valence-corrected chi connectivity index (χ1v) is 48.9. The normalized spacial score (nSPS) is 14.1. The van der Waals surface area contributed by atoms with E-state index < -0.39 is 97.5 Å². The van der Waals surface area contributed by atoms with Gasteiger partial charge in [-0.2, -0.15) is 0 Å².